The molecule has 1 aromatic heterocycles. The number of methoxy groups -OCH3 is 6. The van der Waals surface area contributed by atoms with E-state index in [1.165, 1.54) is 0 Å². The van der Waals surface area contributed by atoms with Gasteiger partial charge in [-0.25, -0.2) is 4.98 Å². The SMILES string of the molecule is COc1cc(C(=Cc2nc3ccc(Br)cc3o2)c2cc(OC)c(OC)c(OC)c2)cc(OC)c1OC. The van der Waals surface area contributed by atoms with Gasteiger partial charge in [-0.05, 0) is 59.2 Å². The quantitative estimate of drug-likeness (QED) is 0.240. The standard InChI is InChI=1S/C27H26BrNO7/c1-30-21-9-15(10-22(31-2)26(21)34-5)18(14-25-29-19-8-7-17(28)13-20(19)36-25)16-11-23(32-3)27(35-6)24(12-16)33-4/h7-14H,1-6H3. The van der Waals surface area contributed by atoms with E-state index in [1.54, 1.807) is 42.7 Å². The molecule has 0 aliphatic carbocycles. The summed E-state index contributed by atoms with van der Waals surface area (Å²) in [5.41, 5.74) is 3.67. The van der Waals surface area contributed by atoms with Gasteiger partial charge in [0.05, 0.1) is 42.7 Å². The van der Waals surface area contributed by atoms with Crippen molar-refractivity contribution >= 4 is 38.7 Å². The van der Waals surface area contributed by atoms with Crippen molar-refractivity contribution < 1.29 is 32.8 Å². The molecule has 36 heavy (non-hydrogen) atoms. The van der Waals surface area contributed by atoms with E-state index in [-0.39, 0.29) is 0 Å². The fraction of sp³-hybridized carbons (Fsp3) is 0.222. The molecule has 8 nitrogen and oxygen atoms in total. The van der Waals surface area contributed by atoms with Gasteiger partial charge in [-0.1, -0.05) is 15.9 Å². The summed E-state index contributed by atoms with van der Waals surface area (Å²) in [4.78, 5) is 4.64. The van der Waals surface area contributed by atoms with E-state index >= 15 is 0 Å². The van der Waals surface area contributed by atoms with Gasteiger partial charge in [-0.3, -0.25) is 0 Å². The lowest BCUT2D eigenvalue weighted by atomic mass is 9.95. The molecule has 0 radical (unpaired) electrons. The summed E-state index contributed by atoms with van der Waals surface area (Å²) in [6.07, 6.45) is 1.84. The summed E-state index contributed by atoms with van der Waals surface area (Å²) < 4.78 is 40.4. The molecule has 0 aliphatic rings. The van der Waals surface area contributed by atoms with Gasteiger partial charge in [-0.15, -0.1) is 0 Å². The number of fused-ring (bicyclic) bond motifs is 1. The van der Waals surface area contributed by atoms with Gasteiger partial charge in [0.15, 0.2) is 28.6 Å². The van der Waals surface area contributed by atoms with E-state index in [0.717, 1.165) is 26.7 Å². The number of hydrogen-bond donors (Lipinski definition) is 0. The Morgan fingerprint density at radius 2 is 1.17 bits per heavy atom. The van der Waals surface area contributed by atoms with Crippen molar-refractivity contribution in [3.05, 3.63) is 64.0 Å². The highest BCUT2D eigenvalue weighted by molar-refractivity contribution is 9.10. The number of ether oxygens (including phenoxy) is 6. The second kappa shape index (κ2) is 10.8. The molecular weight excluding hydrogens is 530 g/mol. The lowest BCUT2D eigenvalue weighted by Crippen LogP contribution is -2.00. The van der Waals surface area contributed by atoms with Gasteiger partial charge >= 0.3 is 0 Å². The molecular formula is C27H26BrNO7. The summed E-state index contributed by atoms with van der Waals surface area (Å²) in [6, 6.07) is 13.1. The number of rotatable bonds is 9. The maximum atomic E-state index is 6.05. The Morgan fingerprint density at radius 3 is 1.58 bits per heavy atom. The van der Waals surface area contributed by atoms with Crippen LogP contribution < -0.4 is 28.4 Å². The van der Waals surface area contributed by atoms with E-state index in [0.29, 0.717) is 46.0 Å². The summed E-state index contributed by atoms with van der Waals surface area (Å²) in [5.74, 6) is 3.41. The zero-order chi connectivity index (χ0) is 25.8. The number of nitrogens with zero attached hydrogens (tertiary/aromatic N) is 1. The van der Waals surface area contributed by atoms with Crippen LogP contribution in [0.4, 0.5) is 0 Å². The number of halogens is 1. The van der Waals surface area contributed by atoms with Crippen LogP contribution in [0.2, 0.25) is 0 Å². The summed E-state index contributed by atoms with van der Waals surface area (Å²) in [6.45, 7) is 0. The van der Waals surface area contributed by atoms with E-state index in [4.69, 9.17) is 32.8 Å². The van der Waals surface area contributed by atoms with Gasteiger partial charge in [0.1, 0.15) is 5.52 Å². The van der Waals surface area contributed by atoms with Crippen LogP contribution in [0, 0.1) is 0 Å². The number of hydrogen-bond acceptors (Lipinski definition) is 8. The molecule has 0 fully saturated rings. The third-order valence-corrected chi connectivity index (χ3v) is 6.08. The van der Waals surface area contributed by atoms with Gasteiger partial charge in [0.2, 0.25) is 17.4 Å². The van der Waals surface area contributed by atoms with Crippen LogP contribution in [0.15, 0.2) is 51.4 Å². The average molecular weight is 556 g/mol. The molecule has 1 heterocycles. The highest BCUT2D eigenvalue weighted by Gasteiger charge is 2.21. The molecule has 0 bridgehead atoms. The molecule has 0 spiro atoms. The van der Waals surface area contributed by atoms with Gasteiger partial charge < -0.3 is 32.8 Å². The van der Waals surface area contributed by atoms with E-state index in [1.807, 2.05) is 48.5 Å². The van der Waals surface area contributed by atoms with Crippen molar-refractivity contribution in [3.8, 4) is 34.5 Å². The van der Waals surface area contributed by atoms with Crippen LogP contribution in [0.25, 0.3) is 22.7 Å². The molecule has 0 saturated carbocycles. The highest BCUT2D eigenvalue weighted by Crippen LogP contribution is 2.45. The van der Waals surface area contributed by atoms with Crippen molar-refractivity contribution in [3.63, 3.8) is 0 Å². The first-order valence-corrected chi connectivity index (χ1v) is 11.6. The third-order valence-electron chi connectivity index (χ3n) is 5.59. The Balaban J connectivity index is 2.01. The molecule has 4 rings (SSSR count). The Bertz CT molecular complexity index is 1310. The predicted molar refractivity (Wildman–Crippen MR) is 141 cm³/mol. The van der Waals surface area contributed by atoms with Crippen LogP contribution >= 0.6 is 15.9 Å². The molecule has 0 amide bonds. The molecule has 3 aromatic carbocycles. The van der Waals surface area contributed by atoms with E-state index in [9.17, 15) is 0 Å². The van der Waals surface area contributed by atoms with Crippen molar-refractivity contribution in [1.29, 1.82) is 0 Å². The van der Waals surface area contributed by atoms with Crippen LogP contribution in [0.3, 0.4) is 0 Å². The Kier molecular flexibility index (Phi) is 7.59. The predicted octanol–water partition coefficient (Wildman–Crippen LogP) is 6.23. The van der Waals surface area contributed by atoms with Gasteiger partial charge in [0.25, 0.3) is 0 Å². The lowest BCUT2D eigenvalue weighted by Gasteiger charge is -2.18. The Morgan fingerprint density at radius 1 is 0.694 bits per heavy atom. The zero-order valence-electron chi connectivity index (χ0n) is 20.8. The van der Waals surface area contributed by atoms with Crippen LogP contribution in [0.5, 0.6) is 34.5 Å². The fourth-order valence-corrected chi connectivity index (χ4v) is 4.25. The number of oxazole rings is 1. The van der Waals surface area contributed by atoms with Crippen LogP contribution in [-0.2, 0) is 0 Å². The minimum atomic E-state index is 0.417. The van der Waals surface area contributed by atoms with Crippen molar-refractivity contribution in [2.45, 2.75) is 0 Å². The highest BCUT2D eigenvalue weighted by atomic mass is 79.9. The maximum Gasteiger partial charge on any atom is 0.220 e. The Labute approximate surface area is 217 Å². The molecule has 0 aliphatic heterocycles. The average Bonchev–Trinajstić information content (AvgIpc) is 3.31. The third kappa shape index (κ3) is 4.79. The van der Waals surface area contributed by atoms with Crippen LogP contribution in [0.1, 0.15) is 17.0 Å². The van der Waals surface area contributed by atoms with Crippen molar-refractivity contribution in [2.24, 2.45) is 0 Å². The smallest absolute Gasteiger partial charge is 0.220 e. The Hall–Kier alpha value is -3.85. The second-order valence-corrected chi connectivity index (χ2v) is 8.47. The molecule has 0 atom stereocenters. The van der Waals surface area contributed by atoms with Crippen molar-refractivity contribution in [1.82, 2.24) is 4.98 Å². The first kappa shape index (κ1) is 25.2. The molecule has 0 saturated heterocycles. The normalized spacial score (nSPS) is 10.6. The topological polar surface area (TPSA) is 81.4 Å². The van der Waals surface area contributed by atoms with Crippen molar-refractivity contribution in [2.75, 3.05) is 42.7 Å². The lowest BCUT2D eigenvalue weighted by molar-refractivity contribution is 0.324. The summed E-state index contributed by atoms with van der Waals surface area (Å²) >= 11 is 3.47. The minimum absolute atomic E-state index is 0.417. The largest absolute Gasteiger partial charge is 0.493 e. The zero-order valence-corrected chi connectivity index (χ0v) is 22.4. The van der Waals surface area contributed by atoms with Gasteiger partial charge in [0, 0.05) is 10.5 Å². The molecule has 0 unspecified atom stereocenters. The van der Waals surface area contributed by atoms with E-state index < -0.39 is 0 Å². The first-order valence-electron chi connectivity index (χ1n) is 10.8. The van der Waals surface area contributed by atoms with Gasteiger partial charge in [-0.2, -0.15) is 0 Å². The van der Waals surface area contributed by atoms with Crippen LogP contribution in [-0.4, -0.2) is 47.6 Å². The summed E-state index contributed by atoms with van der Waals surface area (Å²) in [7, 11) is 9.41. The minimum Gasteiger partial charge on any atom is -0.493 e. The first-order chi connectivity index (χ1) is 17.5. The molecule has 4 aromatic rings. The monoisotopic (exact) mass is 555 g/mol. The van der Waals surface area contributed by atoms with E-state index in [2.05, 4.69) is 20.9 Å². The number of aromatic nitrogens is 1. The maximum absolute atomic E-state index is 6.05. The summed E-state index contributed by atoms with van der Waals surface area (Å²) in [5, 5.41) is 0. The second-order valence-electron chi connectivity index (χ2n) is 7.55. The molecule has 188 valence electrons. The molecule has 9 heteroatoms. The number of benzene rings is 3. The molecule has 0 N–H and O–H groups in total. The fourth-order valence-electron chi connectivity index (χ4n) is 3.91.